The van der Waals surface area contributed by atoms with Crippen molar-refractivity contribution in [2.24, 2.45) is 0 Å². The molecule has 4 rings (SSSR count). The molecule has 0 atom stereocenters. The molecule has 2 fully saturated rings. The molecule has 0 aromatic carbocycles. The zero-order valence-electron chi connectivity index (χ0n) is 13.5. The molecule has 2 aliphatic heterocycles. The number of piperidine rings is 1. The Labute approximate surface area is 132 Å². The van der Waals surface area contributed by atoms with Crippen molar-refractivity contribution in [3.63, 3.8) is 0 Å². The van der Waals surface area contributed by atoms with Crippen LogP contribution in [0.25, 0.3) is 5.65 Å². The first kappa shape index (κ1) is 14.2. The highest BCUT2D eigenvalue weighted by atomic mass is 15.2. The van der Waals surface area contributed by atoms with Crippen molar-refractivity contribution in [3.8, 4) is 0 Å². The lowest BCUT2D eigenvalue weighted by molar-refractivity contribution is 0.121. The Hall–Kier alpha value is -1.39. The van der Waals surface area contributed by atoms with Gasteiger partial charge in [-0.1, -0.05) is 6.07 Å². The van der Waals surface area contributed by atoms with Gasteiger partial charge >= 0.3 is 0 Å². The van der Waals surface area contributed by atoms with Crippen LogP contribution in [0.3, 0.4) is 0 Å². The van der Waals surface area contributed by atoms with E-state index in [0.29, 0.717) is 0 Å². The number of hydrogen-bond acceptors (Lipinski definition) is 3. The molecule has 0 aliphatic carbocycles. The third kappa shape index (κ3) is 2.66. The van der Waals surface area contributed by atoms with Gasteiger partial charge in [-0.3, -0.25) is 4.90 Å². The number of nitrogens with zero attached hydrogens (tertiary/aromatic N) is 4. The Morgan fingerprint density at radius 2 is 1.86 bits per heavy atom. The predicted octanol–water partition coefficient (Wildman–Crippen LogP) is 2.70. The normalized spacial score (nSPS) is 21.9. The molecule has 22 heavy (non-hydrogen) atoms. The lowest BCUT2D eigenvalue weighted by atomic mass is 10.0. The Morgan fingerprint density at radius 1 is 1.09 bits per heavy atom. The number of fused-ring (bicyclic) bond motifs is 1. The molecule has 4 heteroatoms. The van der Waals surface area contributed by atoms with Crippen LogP contribution in [-0.2, 0) is 6.54 Å². The summed E-state index contributed by atoms with van der Waals surface area (Å²) in [5.41, 5.74) is 3.60. The van der Waals surface area contributed by atoms with Gasteiger partial charge in [0.25, 0.3) is 0 Å². The van der Waals surface area contributed by atoms with Crippen LogP contribution in [0.1, 0.15) is 37.1 Å². The van der Waals surface area contributed by atoms with E-state index >= 15 is 0 Å². The standard InChI is InChI=1S/C18H26N4/c1-15-17(22-11-3-2-6-18(22)19-15)14-20-12-7-16(8-13-20)21-9-4-5-10-21/h2-3,6,11,16H,4-5,7-10,12-14H2,1H3. The number of imidazole rings is 1. The molecule has 118 valence electrons. The first-order valence-electron chi connectivity index (χ1n) is 8.70. The van der Waals surface area contributed by atoms with Gasteiger partial charge in [-0.25, -0.2) is 4.98 Å². The maximum Gasteiger partial charge on any atom is 0.137 e. The molecule has 4 nitrogen and oxygen atoms in total. The van der Waals surface area contributed by atoms with Crippen molar-refractivity contribution in [2.45, 2.75) is 45.2 Å². The topological polar surface area (TPSA) is 23.8 Å². The zero-order chi connectivity index (χ0) is 14.9. The highest BCUT2D eigenvalue weighted by Gasteiger charge is 2.26. The van der Waals surface area contributed by atoms with Crippen molar-refractivity contribution >= 4 is 5.65 Å². The van der Waals surface area contributed by atoms with Gasteiger partial charge in [-0.2, -0.15) is 0 Å². The zero-order valence-corrected chi connectivity index (χ0v) is 13.5. The Kier molecular flexibility index (Phi) is 3.89. The number of hydrogen-bond donors (Lipinski definition) is 0. The summed E-state index contributed by atoms with van der Waals surface area (Å²) in [6.07, 6.45) is 7.61. The van der Waals surface area contributed by atoms with Crippen LogP contribution in [0.4, 0.5) is 0 Å². The molecular formula is C18H26N4. The van der Waals surface area contributed by atoms with Gasteiger partial charge in [0.05, 0.1) is 11.4 Å². The van der Waals surface area contributed by atoms with E-state index in [-0.39, 0.29) is 0 Å². The van der Waals surface area contributed by atoms with E-state index in [4.69, 9.17) is 0 Å². The molecule has 2 aliphatic rings. The van der Waals surface area contributed by atoms with E-state index < -0.39 is 0 Å². The van der Waals surface area contributed by atoms with Gasteiger partial charge in [0.2, 0.25) is 0 Å². The highest BCUT2D eigenvalue weighted by molar-refractivity contribution is 5.42. The number of aromatic nitrogens is 2. The number of likely N-dealkylation sites (tertiary alicyclic amines) is 2. The number of rotatable bonds is 3. The second-order valence-corrected chi connectivity index (χ2v) is 6.82. The summed E-state index contributed by atoms with van der Waals surface area (Å²) >= 11 is 0. The van der Waals surface area contributed by atoms with Gasteiger partial charge in [0.1, 0.15) is 5.65 Å². The molecule has 0 N–H and O–H groups in total. The minimum atomic E-state index is 0.835. The first-order valence-corrected chi connectivity index (χ1v) is 8.70. The van der Waals surface area contributed by atoms with Crippen molar-refractivity contribution in [1.29, 1.82) is 0 Å². The van der Waals surface area contributed by atoms with E-state index in [0.717, 1.165) is 18.2 Å². The smallest absolute Gasteiger partial charge is 0.137 e. The predicted molar refractivity (Wildman–Crippen MR) is 89.0 cm³/mol. The second-order valence-electron chi connectivity index (χ2n) is 6.82. The lowest BCUT2D eigenvalue weighted by Gasteiger charge is -2.36. The summed E-state index contributed by atoms with van der Waals surface area (Å²) in [7, 11) is 0. The van der Waals surface area contributed by atoms with Crippen molar-refractivity contribution in [3.05, 3.63) is 35.8 Å². The molecule has 2 aromatic rings. The summed E-state index contributed by atoms with van der Waals surface area (Å²) in [6, 6.07) is 7.09. The third-order valence-electron chi connectivity index (χ3n) is 5.42. The van der Waals surface area contributed by atoms with Crippen LogP contribution >= 0.6 is 0 Å². The minimum Gasteiger partial charge on any atom is -0.302 e. The monoisotopic (exact) mass is 298 g/mol. The third-order valence-corrected chi connectivity index (χ3v) is 5.42. The lowest BCUT2D eigenvalue weighted by Crippen LogP contribution is -2.43. The molecule has 0 saturated carbocycles. The maximum absolute atomic E-state index is 4.68. The summed E-state index contributed by atoms with van der Waals surface area (Å²) < 4.78 is 2.25. The second kappa shape index (κ2) is 6.01. The van der Waals surface area contributed by atoms with Crippen molar-refractivity contribution in [1.82, 2.24) is 19.2 Å². The fourth-order valence-electron chi connectivity index (χ4n) is 4.12. The Bertz CT molecular complexity index is 634. The van der Waals surface area contributed by atoms with E-state index in [2.05, 4.69) is 50.5 Å². The number of aryl methyl sites for hydroxylation is 1. The quantitative estimate of drug-likeness (QED) is 0.870. The van der Waals surface area contributed by atoms with Crippen LogP contribution in [-0.4, -0.2) is 51.4 Å². The van der Waals surface area contributed by atoms with Gasteiger partial charge < -0.3 is 9.30 Å². The summed E-state index contributed by atoms with van der Waals surface area (Å²) in [5, 5.41) is 0. The van der Waals surface area contributed by atoms with Crippen LogP contribution < -0.4 is 0 Å². The van der Waals surface area contributed by atoms with Crippen molar-refractivity contribution in [2.75, 3.05) is 26.2 Å². The SMILES string of the molecule is Cc1nc2ccccn2c1CN1CCC(N2CCCC2)CC1. The van der Waals surface area contributed by atoms with Gasteiger partial charge in [0.15, 0.2) is 0 Å². The first-order chi connectivity index (χ1) is 10.8. The average Bonchev–Trinajstić information content (AvgIpc) is 3.17. The molecule has 0 spiro atoms. The molecule has 0 amide bonds. The molecule has 0 bridgehead atoms. The van der Waals surface area contributed by atoms with E-state index in [1.807, 2.05) is 0 Å². The summed E-state index contributed by atoms with van der Waals surface area (Å²) in [4.78, 5) is 10.0. The molecule has 0 unspecified atom stereocenters. The van der Waals surface area contributed by atoms with Crippen LogP contribution in [0, 0.1) is 6.92 Å². The maximum atomic E-state index is 4.68. The van der Waals surface area contributed by atoms with E-state index in [9.17, 15) is 0 Å². The minimum absolute atomic E-state index is 0.835. The van der Waals surface area contributed by atoms with Crippen molar-refractivity contribution < 1.29 is 0 Å². The summed E-state index contributed by atoms with van der Waals surface area (Å²) in [5.74, 6) is 0. The van der Waals surface area contributed by atoms with Gasteiger partial charge in [0, 0.05) is 31.9 Å². The fourth-order valence-corrected chi connectivity index (χ4v) is 4.12. The van der Waals surface area contributed by atoms with Crippen LogP contribution in [0.5, 0.6) is 0 Å². The molecule has 4 heterocycles. The van der Waals surface area contributed by atoms with Gasteiger partial charge in [-0.05, 0) is 57.8 Å². The molecular weight excluding hydrogens is 272 g/mol. The Morgan fingerprint density at radius 3 is 2.64 bits per heavy atom. The Balaban J connectivity index is 1.42. The summed E-state index contributed by atoms with van der Waals surface area (Å²) in [6.45, 7) is 8.28. The van der Waals surface area contributed by atoms with E-state index in [1.165, 1.54) is 63.3 Å². The van der Waals surface area contributed by atoms with Gasteiger partial charge in [-0.15, -0.1) is 0 Å². The largest absolute Gasteiger partial charge is 0.302 e. The highest BCUT2D eigenvalue weighted by Crippen LogP contribution is 2.23. The van der Waals surface area contributed by atoms with Crippen LogP contribution in [0.15, 0.2) is 24.4 Å². The number of pyridine rings is 1. The molecule has 2 aromatic heterocycles. The van der Waals surface area contributed by atoms with E-state index in [1.54, 1.807) is 0 Å². The average molecular weight is 298 g/mol. The molecule has 2 saturated heterocycles. The fraction of sp³-hybridized carbons (Fsp3) is 0.611. The van der Waals surface area contributed by atoms with Crippen LogP contribution in [0.2, 0.25) is 0 Å². The molecule has 0 radical (unpaired) electrons.